The fourth-order valence-electron chi connectivity index (χ4n) is 2.01. The first-order valence-electron chi connectivity index (χ1n) is 5.93. The lowest BCUT2D eigenvalue weighted by atomic mass is 10.1. The standard InChI is InChI=1S/C13H13F3N2O2/c14-13(15,16)8-3-5-18(6-4-8)12(20)10-7-9(19)1-2-11(10)17/h1-3,7,19H,4-6,17H2. The Morgan fingerprint density at radius 1 is 1.35 bits per heavy atom. The number of amides is 1. The molecule has 7 heteroatoms. The number of hydrogen-bond acceptors (Lipinski definition) is 3. The summed E-state index contributed by atoms with van der Waals surface area (Å²) in [6.07, 6.45) is -3.59. The summed E-state index contributed by atoms with van der Waals surface area (Å²) in [4.78, 5) is 13.4. The molecule has 0 aliphatic carbocycles. The van der Waals surface area contributed by atoms with Crippen molar-refractivity contribution in [2.45, 2.75) is 12.6 Å². The number of alkyl halides is 3. The number of nitrogens with two attached hydrogens (primary N) is 1. The van der Waals surface area contributed by atoms with Gasteiger partial charge in [0.1, 0.15) is 5.75 Å². The normalized spacial score (nSPS) is 15.9. The van der Waals surface area contributed by atoms with Crippen LogP contribution in [0.15, 0.2) is 29.8 Å². The Bertz CT molecular complexity index is 567. The van der Waals surface area contributed by atoms with Gasteiger partial charge in [0.25, 0.3) is 5.91 Å². The van der Waals surface area contributed by atoms with Crippen LogP contribution in [0.1, 0.15) is 16.8 Å². The van der Waals surface area contributed by atoms with Gasteiger partial charge in [0, 0.05) is 24.4 Å². The Balaban J connectivity index is 2.17. The van der Waals surface area contributed by atoms with Crippen LogP contribution >= 0.6 is 0 Å². The molecule has 0 saturated carbocycles. The van der Waals surface area contributed by atoms with E-state index in [-0.39, 0.29) is 36.5 Å². The molecule has 0 spiro atoms. The molecular weight excluding hydrogens is 273 g/mol. The van der Waals surface area contributed by atoms with Gasteiger partial charge in [-0.15, -0.1) is 0 Å². The Morgan fingerprint density at radius 3 is 2.60 bits per heavy atom. The van der Waals surface area contributed by atoms with Crippen molar-refractivity contribution in [2.24, 2.45) is 0 Å². The summed E-state index contributed by atoms with van der Waals surface area (Å²) < 4.78 is 37.5. The number of phenols is 1. The lowest BCUT2D eigenvalue weighted by Gasteiger charge is -2.27. The van der Waals surface area contributed by atoms with E-state index in [1.807, 2.05) is 0 Å². The molecule has 108 valence electrons. The van der Waals surface area contributed by atoms with Crippen LogP contribution in [-0.4, -0.2) is 35.2 Å². The molecule has 20 heavy (non-hydrogen) atoms. The number of carbonyl (C=O) groups is 1. The van der Waals surface area contributed by atoms with E-state index in [0.717, 1.165) is 6.08 Å². The summed E-state index contributed by atoms with van der Waals surface area (Å²) in [5.74, 6) is -0.609. The van der Waals surface area contributed by atoms with Gasteiger partial charge in [0.2, 0.25) is 0 Å². The number of halogens is 3. The number of anilines is 1. The zero-order chi connectivity index (χ0) is 14.9. The van der Waals surface area contributed by atoms with Crippen LogP contribution in [-0.2, 0) is 0 Å². The molecule has 1 amide bonds. The maximum atomic E-state index is 12.5. The van der Waals surface area contributed by atoms with Gasteiger partial charge in [-0.3, -0.25) is 4.79 Å². The number of benzene rings is 1. The molecule has 1 aromatic carbocycles. The molecule has 1 aliphatic heterocycles. The average Bonchev–Trinajstić information content (AvgIpc) is 2.40. The van der Waals surface area contributed by atoms with Gasteiger partial charge in [0.05, 0.1) is 5.56 Å². The van der Waals surface area contributed by atoms with E-state index in [1.165, 1.54) is 23.1 Å². The molecule has 1 heterocycles. The monoisotopic (exact) mass is 286 g/mol. The summed E-state index contributed by atoms with van der Waals surface area (Å²) in [5, 5.41) is 9.35. The maximum Gasteiger partial charge on any atom is 0.412 e. The van der Waals surface area contributed by atoms with Crippen molar-refractivity contribution in [3.05, 3.63) is 35.4 Å². The minimum Gasteiger partial charge on any atom is -0.508 e. The highest BCUT2D eigenvalue weighted by Crippen LogP contribution is 2.31. The third-order valence-corrected chi connectivity index (χ3v) is 3.13. The summed E-state index contributed by atoms with van der Waals surface area (Å²) >= 11 is 0. The third kappa shape index (κ3) is 2.87. The van der Waals surface area contributed by atoms with E-state index >= 15 is 0 Å². The molecule has 0 unspecified atom stereocenters. The van der Waals surface area contributed by atoms with Gasteiger partial charge >= 0.3 is 6.18 Å². The Labute approximate surface area is 113 Å². The SMILES string of the molecule is Nc1ccc(O)cc1C(=O)N1CC=C(C(F)(F)F)CC1. The van der Waals surface area contributed by atoms with E-state index in [2.05, 4.69) is 0 Å². The molecule has 3 N–H and O–H groups in total. The van der Waals surface area contributed by atoms with Crippen LogP contribution < -0.4 is 5.73 Å². The fourth-order valence-corrected chi connectivity index (χ4v) is 2.01. The quantitative estimate of drug-likeness (QED) is 0.473. The zero-order valence-corrected chi connectivity index (χ0v) is 10.4. The topological polar surface area (TPSA) is 66.6 Å². The second kappa shape index (κ2) is 5.07. The first-order chi connectivity index (χ1) is 9.29. The first-order valence-corrected chi connectivity index (χ1v) is 5.93. The molecule has 1 aromatic rings. The number of carbonyl (C=O) groups excluding carboxylic acids is 1. The van der Waals surface area contributed by atoms with E-state index in [1.54, 1.807) is 0 Å². The Hall–Kier alpha value is -2.18. The molecule has 2 rings (SSSR count). The minimum atomic E-state index is -4.35. The molecule has 0 atom stereocenters. The number of nitrogens with zero attached hydrogens (tertiary/aromatic N) is 1. The van der Waals surface area contributed by atoms with E-state index in [9.17, 15) is 23.1 Å². The van der Waals surface area contributed by atoms with Crippen LogP contribution in [0.25, 0.3) is 0 Å². The molecule has 4 nitrogen and oxygen atoms in total. The van der Waals surface area contributed by atoms with E-state index in [4.69, 9.17) is 5.73 Å². The molecule has 0 aromatic heterocycles. The van der Waals surface area contributed by atoms with Crippen molar-refractivity contribution in [2.75, 3.05) is 18.8 Å². The summed E-state index contributed by atoms with van der Waals surface area (Å²) in [6.45, 7) is -0.151. The van der Waals surface area contributed by atoms with Crippen LogP contribution in [0.5, 0.6) is 5.75 Å². The maximum absolute atomic E-state index is 12.5. The highest BCUT2D eigenvalue weighted by molar-refractivity contribution is 5.99. The van der Waals surface area contributed by atoms with Gasteiger partial charge in [-0.05, 0) is 24.6 Å². The van der Waals surface area contributed by atoms with E-state index < -0.39 is 17.7 Å². The summed E-state index contributed by atoms with van der Waals surface area (Å²) in [6, 6.07) is 3.92. The molecule has 0 fully saturated rings. The number of aromatic hydroxyl groups is 1. The average molecular weight is 286 g/mol. The predicted molar refractivity (Wildman–Crippen MR) is 67.2 cm³/mol. The smallest absolute Gasteiger partial charge is 0.412 e. The molecule has 1 aliphatic rings. The van der Waals surface area contributed by atoms with Crippen LogP contribution in [0.4, 0.5) is 18.9 Å². The lowest BCUT2D eigenvalue weighted by molar-refractivity contribution is -0.0957. The van der Waals surface area contributed by atoms with Crippen molar-refractivity contribution < 1.29 is 23.1 Å². The predicted octanol–water partition coefficient (Wildman–Crippen LogP) is 2.31. The first kappa shape index (κ1) is 14.2. The number of hydrogen-bond donors (Lipinski definition) is 2. The van der Waals surface area contributed by atoms with Crippen molar-refractivity contribution >= 4 is 11.6 Å². The Morgan fingerprint density at radius 2 is 2.05 bits per heavy atom. The zero-order valence-electron chi connectivity index (χ0n) is 10.4. The van der Waals surface area contributed by atoms with Gasteiger partial charge in [-0.1, -0.05) is 6.08 Å². The second-order valence-electron chi connectivity index (χ2n) is 4.50. The minimum absolute atomic E-state index is 0.0285. The number of nitrogen functional groups attached to an aromatic ring is 1. The number of rotatable bonds is 1. The van der Waals surface area contributed by atoms with Crippen LogP contribution in [0, 0.1) is 0 Å². The van der Waals surface area contributed by atoms with E-state index in [0.29, 0.717) is 0 Å². The lowest BCUT2D eigenvalue weighted by Crippen LogP contribution is -2.37. The second-order valence-corrected chi connectivity index (χ2v) is 4.50. The van der Waals surface area contributed by atoms with Gasteiger partial charge in [-0.2, -0.15) is 13.2 Å². The fraction of sp³-hybridized carbons (Fsp3) is 0.308. The summed E-state index contributed by atoms with van der Waals surface area (Å²) in [5.41, 5.74) is 5.29. The van der Waals surface area contributed by atoms with Gasteiger partial charge < -0.3 is 15.7 Å². The van der Waals surface area contributed by atoms with Crippen molar-refractivity contribution in [1.29, 1.82) is 0 Å². The number of phenolic OH excluding ortho intramolecular Hbond substituents is 1. The van der Waals surface area contributed by atoms with Crippen molar-refractivity contribution in [3.8, 4) is 5.75 Å². The molecule has 0 bridgehead atoms. The van der Waals surface area contributed by atoms with Crippen molar-refractivity contribution in [3.63, 3.8) is 0 Å². The summed E-state index contributed by atoms with van der Waals surface area (Å²) in [7, 11) is 0. The Kier molecular flexibility index (Phi) is 3.61. The highest BCUT2D eigenvalue weighted by atomic mass is 19.4. The highest BCUT2D eigenvalue weighted by Gasteiger charge is 2.35. The van der Waals surface area contributed by atoms with Crippen LogP contribution in [0.2, 0.25) is 0 Å². The van der Waals surface area contributed by atoms with Gasteiger partial charge in [-0.25, -0.2) is 0 Å². The molecular formula is C13H13F3N2O2. The van der Waals surface area contributed by atoms with Gasteiger partial charge in [0.15, 0.2) is 0 Å². The third-order valence-electron chi connectivity index (χ3n) is 3.13. The largest absolute Gasteiger partial charge is 0.508 e. The molecule has 0 radical (unpaired) electrons. The molecule has 0 saturated heterocycles. The van der Waals surface area contributed by atoms with Crippen LogP contribution in [0.3, 0.4) is 0 Å². The van der Waals surface area contributed by atoms with Crippen molar-refractivity contribution in [1.82, 2.24) is 4.90 Å².